The SMILES string of the molecule is C=C(C)COC(=O)c1ccc(-n2cncn2)cc1C. The Balaban J connectivity index is 2.20. The molecule has 0 radical (unpaired) electrons. The van der Waals surface area contributed by atoms with E-state index in [-0.39, 0.29) is 12.6 Å². The van der Waals surface area contributed by atoms with Crippen LogP contribution in [0, 0.1) is 6.92 Å². The monoisotopic (exact) mass is 257 g/mol. The normalized spacial score (nSPS) is 10.2. The van der Waals surface area contributed by atoms with Crippen LogP contribution < -0.4 is 0 Å². The number of aryl methyl sites for hydroxylation is 1. The van der Waals surface area contributed by atoms with Gasteiger partial charge >= 0.3 is 5.97 Å². The Bertz CT molecular complexity index is 603. The van der Waals surface area contributed by atoms with Gasteiger partial charge in [-0.3, -0.25) is 0 Å². The summed E-state index contributed by atoms with van der Waals surface area (Å²) in [5.41, 5.74) is 3.04. The predicted molar refractivity (Wildman–Crippen MR) is 71.2 cm³/mol. The number of hydrogen-bond acceptors (Lipinski definition) is 4. The molecule has 5 nitrogen and oxygen atoms in total. The van der Waals surface area contributed by atoms with Crippen molar-refractivity contribution in [2.24, 2.45) is 0 Å². The van der Waals surface area contributed by atoms with Crippen molar-refractivity contribution in [3.05, 3.63) is 54.1 Å². The van der Waals surface area contributed by atoms with Gasteiger partial charge in [0.05, 0.1) is 11.3 Å². The number of carbonyl (C=O) groups excluding carboxylic acids is 1. The molecule has 0 atom stereocenters. The maximum Gasteiger partial charge on any atom is 0.338 e. The fourth-order valence-electron chi connectivity index (χ4n) is 1.63. The van der Waals surface area contributed by atoms with Gasteiger partial charge in [-0.15, -0.1) is 0 Å². The van der Waals surface area contributed by atoms with E-state index in [0.29, 0.717) is 5.56 Å². The third-order valence-electron chi connectivity index (χ3n) is 2.56. The van der Waals surface area contributed by atoms with Crippen LogP contribution in [0.25, 0.3) is 5.69 Å². The lowest BCUT2D eigenvalue weighted by molar-refractivity contribution is 0.0539. The summed E-state index contributed by atoms with van der Waals surface area (Å²) in [6.07, 6.45) is 3.07. The zero-order chi connectivity index (χ0) is 13.8. The first kappa shape index (κ1) is 13.0. The van der Waals surface area contributed by atoms with E-state index < -0.39 is 0 Å². The molecule has 2 rings (SSSR count). The molecule has 0 unspecified atom stereocenters. The van der Waals surface area contributed by atoms with Crippen LogP contribution in [-0.2, 0) is 4.74 Å². The van der Waals surface area contributed by atoms with Crippen LogP contribution >= 0.6 is 0 Å². The van der Waals surface area contributed by atoms with Crippen LogP contribution in [0.1, 0.15) is 22.8 Å². The third-order valence-corrected chi connectivity index (χ3v) is 2.56. The molecule has 2 aromatic rings. The topological polar surface area (TPSA) is 57.0 Å². The fourth-order valence-corrected chi connectivity index (χ4v) is 1.63. The largest absolute Gasteiger partial charge is 0.458 e. The van der Waals surface area contributed by atoms with Crippen molar-refractivity contribution in [3.63, 3.8) is 0 Å². The molecule has 1 aromatic carbocycles. The van der Waals surface area contributed by atoms with Crippen molar-refractivity contribution in [2.45, 2.75) is 13.8 Å². The van der Waals surface area contributed by atoms with Gasteiger partial charge in [-0.1, -0.05) is 6.58 Å². The number of carbonyl (C=O) groups is 1. The summed E-state index contributed by atoms with van der Waals surface area (Å²) >= 11 is 0. The lowest BCUT2D eigenvalue weighted by Crippen LogP contribution is -2.09. The molecule has 0 aliphatic heterocycles. The molecular formula is C14H15N3O2. The van der Waals surface area contributed by atoms with Crippen LogP contribution in [0.5, 0.6) is 0 Å². The second-order valence-corrected chi connectivity index (χ2v) is 4.37. The summed E-state index contributed by atoms with van der Waals surface area (Å²) in [6.45, 7) is 7.61. The summed E-state index contributed by atoms with van der Waals surface area (Å²) in [5, 5.41) is 4.04. The molecule has 0 amide bonds. The Labute approximate surface area is 111 Å². The highest BCUT2D eigenvalue weighted by atomic mass is 16.5. The van der Waals surface area contributed by atoms with Gasteiger partial charge in [0.1, 0.15) is 19.3 Å². The Kier molecular flexibility index (Phi) is 3.75. The van der Waals surface area contributed by atoms with E-state index in [2.05, 4.69) is 16.7 Å². The van der Waals surface area contributed by atoms with Gasteiger partial charge in [-0.25, -0.2) is 14.5 Å². The van der Waals surface area contributed by atoms with E-state index >= 15 is 0 Å². The maximum atomic E-state index is 11.9. The van der Waals surface area contributed by atoms with Crippen molar-refractivity contribution >= 4 is 5.97 Å². The summed E-state index contributed by atoms with van der Waals surface area (Å²) < 4.78 is 6.76. The average molecular weight is 257 g/mol. The molecule has 1 aromatic heterocycles. The van der Waals surface area contributed by atoms with Gasteiger partial charge in [0.25, 0.3) is 0 Å². The molecule has 0 spiro atoms. The first-order valence-electron chi connectivity index (χ1n) is 5.85. The van der Waals surface area contributed by atoms with Crippen LogP contribution in [0.3, 0.4) is 0 Å². The van der Waals surface area contributed by atoms with E-state index in [4.69, 9.17) is 4.74 Å². The molecular weight excluding hydrogens is 242 g/mol. The molecule has 0 bridgehead atoms. The van der Waals surface area contributed by atoms with Crippen molar-refractivity contribution in [2.75, 3.05) is 6.61 Å². The minimum atomic E-state index is -0.342. The van der Waals surface area contributed by atoms with E-state index in [1.54, 1.807) is 23.1 Å². The average Bonchev–Trinajstić information content (AvgIpc) is 2.89. The van der Waals surface area contributed by atoms with Crippen molar-refractivity contribution in [1.82, 2.24) is 14.8 Å². The zero-order valence-electron chi connectivity index (χ0n) is 11.0. The highest BCUT2D eigenvalue weighted by Crippen LogP contribution is 2.15. The van der Waals surface area contributed by atoms with Gasteiger partial charge < -0.3 is 4.74 Å². The van der Waals surface area contributed by atoms with E-state index in [9.17, 15) is 4.79 Å². The first-order chi connectivity index (χ1) is 9.08. The van der Waals surface area contributed by atoms with Crippen LogP contribution in [-0.4, -0.2) is 27.3 Å². The second-order valence-electron chi connectivity index (χ2n) is 4.37. The van der Waals surface area contributed by atoms with Gasteiger partial charge in [0.15, 0.2) is 0 Å². The Morgan fingerprint density at radius 1 is 1.47 bits per heavy atom. The molecule has 0 aliphatic rings. The maximum absolute atomic E-state index is 11.9. The Hall–Kier alpha value is -2.43. The number of benzene rings is 1. The third kappa shape index (κ3) is 3.07. The van der Waals surface area contributed by atoms with Gasteiger partial charge in [0.2, 0.25) is 0 Å². The molecule has 0 fully saturated rings. The quantitative estimate of drug-likeness (QED) is 0.623. The van der Waals surface area contributed by atoms with Gasteiger partial charge in [0, 0.05) is 0 Å². The Morgan fingerprint density at radius 2 is 2.26 bits per heavy atom. The summed E-state index contributed by atoms with van der Waals surface area (Å²) in [5.74, 6) is -0.342. The number of rotatable bonds is 4. The predicted octanol–water partition coefficient (Wildman–Crippen LogP) is 2.31. The van der Waals surface area contributed by atoms with Crippen molar-refractivity contribution in [1.29, 1.82) is 0 Å². The summed E-state index contributed by atoms with van der Waals surface area (Å²) in [4.78, 5) is 15.8. The number of aromatic nitrogens is 3. The number of hydrogen-bond donors (Lipinski definition) is 0. The van der Waals surface area contributed by atoms with Gasteiger partial charge in [-0.05, 0) is 43.2 Å². The Morgan fingerprint density at radius 3 is 2.84 bits per heavy atom. The molecule has 0 saturated carbocycles. The second kappa shape index (κ2) is 5.48. The summed E-state index contributed by atoms with van der Waals surface area (Å²) in [7, 11) is 0. The lowest BCUT2D eigenvalue weighted by atomic mass is 10.1. The smallest absolute Gasteiger partial charge is 0.338 e. The molecule has 19 heavy (non-hydrogen) atoms. The highest BCUT2D eigenvalue weighted by Gasteiger charge is 2.11. The molecule has 0 saturated heterocycles. The number of esters is 1. The highest BCUT2D eigenvalue weighted by molar-refractivity contribution is 5.91. The van der Waals surface area contributed by atoms with Crippen LogP contribution in [0.2, 0.25) is 0 Å². The lowest BCUT2D eigenvalue weighted by Gasteiger charge is -2.08. The molecule has 98 valence electrons. The number of ether oxygens (including phenoxy) is 1. The summed E-state index contributed by atoms with van der Waals surface area (Å²) in [6, 6.07) is 5.40. The minimum absolute atomic E-state index is 0.239. The minimum Gasteiger partial charge on any atom is -0.458 e. The van der Waals surface area contributed by atoms with Crippen LogP contribution in [0.15, 0.2) is 43.0 Å². The number of nitrogens with zero attached hydrogens (tertiary/aromatic N) is 3. The standard InChI is InChI=1S/C14H15N3O2/c1-10(2)7-19-14(18)13-5-4-12(6-11(13)3)17-9-15-8-16-17/h4-6,8-9H,1,7H2,2-3H3. The van der Waals surface area contributed by atoms with Gasteiger partial charge in [-0.2, -0.15) is 5.10 Å². The zero-order valence-corrected chi connectivity index (χ0v) is 11.0. The fraction of sp³-hybridized carbons (Fsp3) is 0.214. The van der Waals surface area contributed by atoms with E-state index in [0.717, 1.165) is 16.8 Å². The van der Waals surface area contributed by atoms with E-state index in [1.807, 2.05) is 19.9 Å². The van der Waals surface area contributed by atoms with Crippen molar-refractivity contribution in [3.8, 4) is 5.69 Å². The first-order valence-corrected chi connectivity index (χ1v) is 5.85. The molecule has 0 aliphatic carbocycles. The molecule has 0 N–H and O–H groups in total. The molecule has 1 heterocycles. The van der Waals surface area contributed by atoms with Crippen molar-refractivity contribution < 1.29 is 9.53 Å². The van der Waals surface area contributed by atoms with Crippen LogP contribution in [0.4, 0.5) is 0 Å². The van der Waals surface area contributed by atoms with E-state index in [1.165, 1.54) is 6.33 Å². The molecule has 5 heteroatoms.